The van der Waals surface area contributed by atoms with Gasteiger partial charge in [0.15, 0.2) is 29.3 Å². The molecule has 1 heterocycles. The van der Waals surface area contributed by atoms with Crippen LogP contribution in [-0.2, 0) is 15.9 Å². The fourth-order valence-corrected chi connectivity index (χ4v) is 5.13. The fraction of sp³-hybridized carbons (Fsp3) is 0.520. The van der Waals surface area contributed by atoms with Crippen LogP contribution in [0.5, 0.6) is 28.7 Å². The lowest BCUT2D eigenvalue weighted by Crippen LogP contribution is -2.54. The highest BCUT2D eigenvalue weighted by atomic mass is 16.7. The van der Waals surface area contributed by atoms with Gasteiger partial charge in [-0.1, -0.05) is 0 Å². The zero-order valence-electron chi connectivity index (χ0n) is 19.9. The predicted molar refractivity (Wildman–Crippen MR) is 124 cm³/mol. The van der Waals surface area contributed by atoms with Crippen LogP contribution in [0.3, 0.4) is 0 Å². The number of fused-ring (bicyclic) bond motifs is 1. The Hall–Kier alpha value is -2.80. The van der Waals surface area contributed by atoms with Crippen LogP contribution in [0.4, 0.5) is 0 Å². The first-order valence-electron chi connectivity index (χ1n) is 11.6. The fourth-order valence-electron chi connectivity index (χ4n) is 5.13. The number of methoxy groups -OCH3 is 2. The van der Waals surface area contributed by atoms with Crippen LogP contribution in [0.1, 0.15) is 22.6 Å². The van der Waals surface area contributed by atoms with Crippen molar-refractivity contribution in [1.29, 1.82) is 0 Å². The standard InChI is InChI=1S/C25H32O11/c1-33-19-5-11-3-13(8-26)15(9-35-25-24(32)23(31)18(29)10-36-25)21(14(11)7-16(19)27)12-4-17(28)22(30)20(6-12)34-2/h4-7,13,15,18,21,23-32H,3,8-10H2,1-2H3/t13-,15-,18-,21-,23+,24-,25-/m1/s1. The first-order chi connectivity index (χ1) is 17.2. The third-order valence-corrected chi connectivity index (χ3v) is 7.09. The molecule has 1 saturated heterocycles. The molecule has 4 rings (SSSR count). The van der Waals surface area contributed by atoms with Crippen molar-refractivity contribution in [3.63, 3.8) is 0 Å². The minimum Gasteiger partial charge on any atom is -0.504 e. The third-order valence-electron chi connectivity index (χ3n) is 7.09. The van der Waals surface area contributed by atoms with Crippen molar-refractivity contribution >= 4 is 0 Å². The molecule has 36 heavy (non-hydrogen) atoms. The number of hydrogen-bond acceptors (Lipinski definition) is 11. The SMILES string of the molecule is COc1cc2c(cc1O)[C@@H](c1cc(O)c(O)c(OC)c1)[C@H](CO[C@@H]1OC[C@@H](O)[C@H](O)[C@H]1O)[C@@H](CO)C2. The van der Waals surface area contributed by atoms with Gasteiger partial charge in [-0.25, -0.2) is 0 Å². The molecule has 7 atom stereocenters. The number of aliphatic hydroxyl groups excluding tert-OH is 4. The van der Waals surface area contributed by atoms with Crippen LogP contribution in [0.2, 0.25) is 0 Å². The molecule has 11 heteroatoms. The summed E-state index contributed by atoms with van der Waals surface area (Å²) in [5.74, 6) is -1.97. The second-order valence-electron chi connectivity index (χ2n) is 9.19. The second kappa shape index (κ2) is 10.7. The molecule has 1 aliphatic carbocycles. The molecular weight excluding hydrogens is 476 g/mol. The highest BCUT2D eigenvalue weighted by Gasteiger charge is 2.42. The monoisotopic (exact) mass is 508 g/mol. The molecule has 0 radical (unpaired) electrons. The highest BCUT2D eigenvalue weighted by molar-refractivity contribution is 5.57. The summed E-state index contributed by atoms with van der Waals surface area (Å²) in [5.41, 5.74) is 2.03. The Kier molecular flexibility index (Phi) is 7.79. The molecule has 0 bridgehead atoms. The lowest BCUT2D eigenvalue weighted by molar-refractivity contribution is -0.274. The van der Waals surface area contributed by atoms with Crippen LogP contribution >= 0.6 is 0 Å². The smallest absolute Gasteiger partial charge is 0.200 e. The Bertz CT molecular complexity index is 1070. The number of ether oxygens (including phenoxy) is 4. The normalized spacial score (nSPS) is 30.0. The minimum atomic E-state index is -1.48. The zero-order chi connectivity index (χ0) is 26.1. The summed E-state index contributed by atoms with van der Waals surface area (Å²) in [6.45, 7) is -0.486. The highest BCUT2D eigenvalue weighted by Crippen LogP contribution is 2.49. The van der Waals surface area contributed by atoms with Crippen molar-refractivity contribution in [1.82, 2.24) is 0 Å². The van der Waals surface area contributed by atoms with Crippen molar-refractivity contribution in [2.75, 3.05) is 34.0 Å². The molecule has 1 fully saturated rings. The molecule has 0 spiro atoms. The van der Waals surface area contributed by atoms with E-state index >= 15 is 0 Å². The molecule has 0 saturated carbocycles. The summed E-state index contributed by atoms with van der Waals surface area (Å²) in [6, 6.07) is 6.19. The average molecular weight is 509 g/mol. The molecule has 11 nitrogen and oxygen atoms in total. The number of aliphatic hydroxyl groups is 4. The molecule has 0 unspecified atom stereocenters. The Balaban J connectivity index is 1.76. The second-order valence-corrected chi connectivity index (χ2v) is 9.19. The van der Waals surface area contributed by atoms with Gasteiger partial charge in [0.25, 0.3) is 0 Å². The van der Waals surface area contributed by atoms with E-state index in [0.717, 1.165) is 5.56 Å². The molecule has 198 valence electrons. The van der Waals surface area contributed by atoms with Crippen LogP contribution in [0, 0.1) is 11.8 Å². The van der Waals surface area contributed by atoms with E-state index in [9.17, 15) is 35.7 Å². The molecule has 1 aliphatic heterocycles. The van der Waals surface area contributed by atoms with Crippen LogP contribution < -0.4 is 9.47 Å². The Morgan fingerprint density at radius 2 is 1.64 bits per heavy atom. The first kappa shape index (κ1) is 26.3. The maximum absolute atomic E-state index is 10.5. The van der Waals surface area contributed by atoms with Crippen LogP contribution in [-0.4, -0.2) is 94.4 Å². The van der Waals surface area contributed by atoms with Crippen molar-refractivity contribution in [3.05, 3.63) is 41.0 Å². The van der Waals surface area contributed by atoms with Gasteiger partial charge < -0.3 is 54.7 Å². The van der Waals surface area contributed by atoms with Crippen LogP contribution in [0.15, 0.2) is 24.3 Å². The van der Waals surface area contributed by atoms with Gasteiger partial charge in [0, 0.05) is 12.5 Å². The van der Waals surface area contributed by atoms with E-state index in [2.05, 4.69) is 0 Å². The lowest BCUT2D eigenvalue weighted by atomic mass is 9.66. The van der Waals surface area contributed by atoms with Gasteiger partial charge in [-0.15, -0.1) is 0 Å². The Labute approximate surface area is 207 Å². The molecular formula is C25H32O11. The Morgan fingerprint density at radius 3 is 2.31 bits per heavy atom. The number of rotatable bonds is 7. The quantitative estimate of drug-likeness (QED) is 0.254. The summed E-state index contributed by atoms with van der Waals surface area (Å²) in [6.07, 6.45) is -4.96. The molecule has 0 aromatic heterocycles. The van der Waals surface area contributed by atoms with E-state index in [0.29, 0.717) is 17.5 Å². The van der Waals surface area contributed by atoms with E-state index in [1.807, 2.05) is 0 Å². The van der Waals surface area contributed by atoms with Crippen molar-refractivity contribution < 1.29 is 54.7 Å². The van der Waals surface area contributed by atoms with E-state index in [4.69, 9.17) is 18.9 Å². The molecule has 0 amide bonds. The number of aromatic hydroxyl groups is 3. The van der Waals surface area contributed by atoms with E-state index in [1.54, 1.807) is 18.2 Å². The van der Waals surface area contributed by atoms with Gasteiger partial charge in [0.2, 0.25) is 5.75 Å². The zero-order valence-corrected chi connectivity index (χ0v) is 19.9. The van der Waals surface area contributed by atoms with Crippen molar-refractivity contribution in [2.45, 2.75) is 36.9 Å². The van der Waals surface area contributed by atoms with E-state index in [-0.39, 0.29) is 43.0 Å². The van der Waals surface area contributed by atoms with Gasteiger partial charge in [-0.05, 0) is 59.2 Å². The van der Waals surface area contributed by atoms with Gasteiger partial charge in [0.1, 0.15) is 18.3 Å². The largest absolute Gasteiger partial charge is 0.504 e. The summed E-state index contributed by atoms with van der Waals surface area (Å²) < 4.78 is 21.7. The minimum absolute atomic E-state index is 0.0400. The maximum Gasteiger partial charge on any atom is 0.200 e. The number of phenols is 3. The number of phenolic OH excluding ortho intramolecular Hbond substituents is 3. The summed E-state index contributed by atoms with van der Waals surface area (Å²) in [5, 5.41) is 71.4. The molecule has 2 aliphatic rings. The first-order valence-corrected chi connectivity index (χ1v) is 11.6. The predicted octanol–water partition coefficient (Wildman–Crippen LogP) is 0.189. The van der Waals surface area contributed by atoms with Gasteiger partial charge in [0.05, 0.1) is 27.4 Å². The number of hydrogen-bond donors (Lipinski definition) is 7. The average Bonchev–Trinajstić information content (AvgIpc) is 2.87. The molecule has 7 N–H and O–H groups in total. The summed E-state index contributed by atoms with van der Waals surface area (Å²) >= 11 is 0. The topological polar surface area (TPSA) is 179 Å². The molecule has 2 aromatic carbocycles. The van der Waals surface area contributed by atoms with Crippen molar-refractivity contribution in [3.8, 4) is 28.7 Å². The van der Waals surface area contributed by atoms with Gasteiger partial charge in [-0.2, -0.15) is 0 Å². The Morgan fingerprint density at radius 1 is 0.917 bits per heavy atom. The van der Waals surface area contributed by atoms with E-state index in [1.165, 1.54) is 20.3 Å². The third kappa shape index (κ3) is 4.77. The summed E-state index contributed by atoms with van der Waals surface area (Å²) in [7, 11) is 2.79. The van der Waals surface area contributed by atoms with Crippen LogP contribution in [0.25, 0.3) is 0 Å². The van der Waals surface area contributed by atoms with Gasteiger partial charge >= 0.3 is 0 Å². The van der Waals surface area contributed by atoms with Crippen molar-refractivity contribution in [2.24, 2.45) is 11.8 Å². The van der Waals surface area contributed by atoms with E-state index < -0.39 is 47.9 Å². The van der Waals surface area contributed by atoms with Gasteiger partial charge in [-0.3, -0.25) is 0 Å². The summed E-state index contributed by atoms with van der Waals surface area (Å²) in [4.78, 5) is 0. The maximum atomic E-state index is 10.5. The number of benzene rings is 2. The molecule has 2 aromatic rings. The lowest BCUT2D eigenvalue weighted by Gasteiger charge is -2.41.